The Morgan fingerprint density at radius 3 is 2.81 bits per heavy atom. The molecule has 1 aliphatic rings. The van der Waals surface area contributed by atoms with Gasteiger partial charge in [-0.2, -0.15) is 8.42 Å². The second kappa shape index (κ2) is 8.08. The molecule has 9 nitrogen and oxygen atoms in total. The number of benzene rings is 1. The summed E-state index contributed by atoms with van der Waals surface area (Å²) in [4.78, 5) is 10.3. The number of ether oxygens (including phenoxy) is 1. The van der Waals surface area contributed by atoms with Gasteiger partial charge in [-0.1, -0.05) is 18.2 Å². The zero-order chi connectivity index (χ0) is 18.7. The average molecular weight is 418 g/mol. The van der Waals surface area contributed by atoms with Crippen molar-refractivity contribution in [3.8, 4) is 0 Å². The summed E-state index contributed by atoms with van der Waals surface area (Å²) in [7, 11) is -2.39. The summed E-state index contributed by atoms with van der Waals surface area (Å²) >= 11 is 0. The molecule has 1 saturated heterocycles. The molecule has 1 aliphatic heterocycles. The minimum atomic E-state index is -4.24. The molecule has 1 unspecified atom stereocenters. The van der Waals surface area contributed by atoms with Crippen LogP contribution in [-0.4, -0.2) is 43.9 Å². The lowest BCUT2D eigenvalue weighted by molar-refractivity contribution is -0.108. The van der Waals surface area contributed by atoms with Crippen LogP contribution in [0, 0.1) is 0 Å². The van der Waals surface area contributed by atoms with E-state index < -0.39 is 41.0 Å². The van der Waals surface area contributed by atoms with Gasteiger partial charge in [0.1, 0.15) is 12.2 Å². The van der Waals surface area contributed by atoms with Gasteiger partial charge in [-0.25, -0.2) is 4.72 Å². The molecule has 3 rings (SSSR count). The molecule has 140 valence electrons. The maximum Gasteiger partial charge on any atom is 0.362 e. The van der Waals surface area contributed by atoms with E-state index in [9.17, 15) is 17.8 Å². The highest BCUT2D eigenvalue weighted by Crippen LogP contribution is 2.40. The molecule has 2 heterocycles. The van der Waals surface area contributed by atoms with Crippen molar-refractivity contribution in [2.75, 3.05) is 6.61 Å². The molecule has 26 heavy (non-hydrogen) atoms. The highest BCUT2D eigenvalue weighted by Gasteiger charge is 2.47. The van der Waals surface area contributed by atoms with E-state index in [-0.39, 0.29) is 14.9 Å². The Hall–Kier alpha value is -1.41. The van der Waals surface area contributed by atoms with Gasteiger partial charge in [0.25, 0.3) is 0 Å². The van der Waals surface area contributed by atoms with E-state index in [2.05, 4.69) is 9.47 Å². The third-order valence-corrected chi connectivity index (χ3v) is 6.09. The topological polar surface area (TPSA) is 113 Å². The maximum atomic E-state index is 11.7. The number of rotatable bonds is 8. The minimum Gasteiger partial charge on any atom is -0.357 e. The molecular weight excluding hydrogens is 402 g/mol. The largest absolute Gasteiger partial charge is 0.362 e. The summed E-state index contributed by atoms with van der Waals surface area (Å²) in [6.07, 6.45) is -0.260. The Morgan fingerprint density at radius 1 is 1.35 bits per heavy atom. The molecule has 12 heteroatoms. The molecule has 1 amide bonds. The lowest BCUT2D eigenvalue weighted by Gasteiger charge is -2.20. The fourth-order valence-corrected chi connectivity index (χ4v) is 4.50. The predicted octanol–water partition coefficient (Wildman–Crippen LogP) is 1.38. The van der Waals surface area contributed by atoms with Crippen molar-refractivity contribution in [1.82, 2.24) is 9.29 Å². The van der Waals surface area contributed by atoms with Crippen LogP contribution in [0.5, 0.6) is 0 Å². The van der Waals surface area contributed by atoms with E-state index in [1.54, 1.807) is 4.72 Å². The summed E-state index contributed by atoms with van der Waals surface area (Å²) in [5, 5.41) is 0.993. The first-order valence-corrected chi connectivity index (χ1v) is 10.3. The second-order valence-electron chi connectivity index (χ2n) is 5.52. The van der Waals surface area contributed by atoms with Crippen LogP contribution in [0.4, 0.5) is 0 Å². The van der Waals surface area contributed by atoms with Gasteiger partial charge < -0.3 is 13.8 Å². The Bertz CT molecular complexity index is 904. The summed E-state index contributed by atoms with van der Waals surface area (Å²) in [5.41, 5.74) is 0.229. The number of carbonyl (C=O) groups excluding carboxylic acids is 1. The molecule has 1 fully saturated rings. The molecule has 0 spiro atoms. The van der Waals surface area contributed by atoms with Crippen LogP contribution in [0.2, 0.25) is 0 Å². The molecule has 0 aliphatic carbocycles. The van der Waals surface area contributed by atoms with Crippen LogP contribution >= 0.6 is 17.9 Å². The van der Waals surface area contributed by atoms with Gasteiger partial charge in [0, 0.05) is 15.7 Å². The summed E-state index contributed by atoms with van der Waals surface area (Å²) in [5.74, 6) is 0. The Morgan fingerprint density at radius 2 is 2.12 bits per heavy atom. The van der Waals surface area contributed by atoms with Crippen molar-refractivity contribution in [3.63, 3.8) is 0 Å². The third-order valence-electron chi connectivity index (χ3n) is 4.08. The molecular formula is C14H16N2O7P2S. The van der Waals surface area contributed by atoms with Gasteiger partial charge in [0.15, 0.2) is 14.7 Å². The number of hydrogen-bond donors (Lipinski definition) is 1. The van der Waals surface area contributed by atoms with Gasteiger partial charge >= 0.3 is 10.3 Å². The summed E-state index contributed by atoms with van der Waals surface area (Å²) < 4.78 is 54.0. The number of carbonyl (C=O) groups is 1. The lowest BCUT2D eigenvalue weighted by Crippen LogP contribution is -2.33. The fraction of sp³-hybridized carbons (Fsp3) is 0.357. The average Bonchev–Trinajstić information content (AvgIpc) is 3.20. The number of aromatic nitrogens is 1. The standard InChI is InChI=1S/C14H16N2O7P2S/c17-8-15-26(19,20)21-7-11-13(25-18)12(23-24)14(22-11)16-6-5-9-3-1-2-4-10(9)16/h1-6,8,11-14H,7,24H2,(H,15,17)/t11-,12-,13-,14-/m1/s1. The van der Waals surface area contributed by atoms with Crippen molar-refractivity contribution in [2.24, 2.45) is 0 Å². The lowest BCUT2D eigenvalue weighted by atomic mass is 10.2. The highest BCUT2D eigenvalue weighted by atomic mass is 32.2. The summed E-state index contributed by atoms with van der Waals surface area (Å²) in [6, 6.07) is 9.55. The van der Waals surface area contributed by atoms with E-state index in [1.807, 2.05) is 41.1 Å². The second-order valence-corrected chi connectivity index (χ2v) is 7.98. The molecule has 1 aromatic carbocycles. The first kappa shape index (κ1) is 19.4. The predicted molar refractivity (Wildman–Crippen MR) is 95.9 cm³/mol. The maximum absolute atomic E-state index is 11.7. The molecule has 5 atom stereocenters. The quantitative estimate of drug-likeness (QED) is 0.509. The number of nitrogens with one attached hydrogen (secondary N) is 1. The van der Waals surface area contributed by atoms with Crippen LogP contribution in [0.15, 0.2) is 36.5 Å². The zero-order valence-corrected chi connectivity index (χ0v) is 16.2. The Labute approximate surface area is 153 Å². The van der Waals surface area contributed by atoms with E-state index >= 15 is 0 Å². The van der Waals surface area contributed by atoms with Gasteiger partial charge in [-0.15, -0.1) is 0 Å². The van der Waals surface area contributed by atoms with E-state index in [0.29, 0.717) is 0 Å². The Kier molecular flexibility index (Phi) is 6.02. The molecule has 1 N–H and O–H groups in total. The van der Waals surface area contributed by atoms with Crippen LogP contribution in [0.25, 0.3) is 10.9 Å². The van der Waals surface area contributed by atoms with Crippen LogP contribution < -0.4 is 4.72 Å². The first-order valence-electron chi connectivity index (χ1n) is 7.50. The van der Waals surface area contributed by atoms with Gasteiger partial charge in [-0.3, -0.25) is 13.5 Å². The number of amides is 1. The van der Waals surface area contributed by atoms with Crippen LogP contribution in [0.1, 0.15) is 6.23 Å². The highest BCUT2D eigenvalue weighted by molar-refractivity contribution is 7.85. The van der Waals surface area contributed by atoms with Crippen molar-refractivity contribution in [2.45, 2.75) is 24.1 Å². The van der Waals surface area contributed by atoms with Gasteiger partial charge in [0.2, 0.25) is 6.41 Å². The van der Waals surface area contributed by atoms with E-state index in [1.165, 1.54) is 0 Å². The zero-order valence-electron chi connectivity index (χ0n) is 13.3. The van der Waals surface area contributed by atoms with Crippen molar-refractivity contribution in [3.05, 3.63) is 36.5 Å². The fourth-order valence-electron chi connectivity index (χ4n) is 2.93. The summed E-state index contributed by atoms with van der Waals surface area (Å²) in [6.45, 7) is -0.413. The number of para-hydroxylation sites is 1. The number of hydrogen-bond acceptors (Lipinski definition) is 7. The van der Waals surface area contributed by atoms with Gasteiger partial charge in [0.05, 0.1) is 17.8 Å². The monoisotopic (exact) mass is 418 g/mol. The van der Waals surface area contributed by atoms with Crippen molar-refractivity contribution >= 4 is 45.5 Å². The SMILES string of the molecule is O=CNS(=O)(=O)OC[C@H]1O[C@@H](n2ccc3ccccc32)[C@H](OP)[C@@H]1P=O. The van der Waals surface area contributed by atoms with Crippen molar-refractivity contribution < 1.29 is 31.2 Å². The molecule has 0 bridgehead atoms. The number of nitrogens with zero attached hydrogens (tertiary/aromatic N) is 1. The van der Waals surface area contributed by atoms with Gasteiger partial charge in [-0.05, 0) is 17.5 Å². The third kappa shape index (κ3) is 3.81. The molecule has 0 saturated carbocycles. The molecule has 2 aromatic rings. The first-order chi connectivity index (χ1) is 12.5. The minimum absolute atomic E-state index is 0.00245. The Balaban J connectivity index is 1.85. The van der Waals surface area contributed by atoms with E-state index in [4.69, 9.17) is 13.4 Å². The smallest absolute Gasteiger partial charge is 0.357 e. The normalized spacial score (nSPS) is 26.3. The van der Waals surface area contributed by atoms with Crippen molar-refractivity contribution in [1.29, 1.82) is 0 Å². The number of fused-ring (bicyclic) bond motifs is 1. The van der Waals surface area contributed by atoms with Crippen LogP contribution in [0.3, 0.4) is 0 Å². The molecule has 1 aromatic heterocycles. The molecule has 0 radical (unpaired) electrons. The van der Waals surface area contributed by atoms with E-state index in [0.717, 1.165) is 10.9 Å². The van der Waals surface area contributed by atoms with Crippen LogP contribution in [-0.2, 0) is 33.1 Å².